The van der Waals surface area contributed by atoms with Crippen LogP contribution in [0, 0.1) is 11.8 Å². The largest absolute Gasteiger partial charge is 0.459 e. The number of furan rings is 1. The minimum absolute atomic E-state index is 0.0734. The van der Waals surface area contributed by atoms with Crippen molar-refractivity contribution in [3.05, 3.63) is 24.2 Å². The average Bonchev–Trinajstić information content (AvgIpc) is 3.12. The Morgan fingerprint density at radius 1 is 1.30 bits per heavy atom. The summed E-state index contributed by atoms with van der Waals surface area (Å²) in [5.41, 5.74) is 0. The van der Waals surface area contributed by atoms with E-state index in [1.54, 1.807) is 6.07 Å². The van der Waals surface area contributed by atoms with Gasteiger partial charge in [0.2, 0.25) is 5.91 Å². The van der Waals surface area contributed by atoms with E-state index in [0.717, 1.165) is 19.3 Å². The summed E-state index contributed by atoms with van der Waals surface area (Å²) < 4.78 is 4.93. The van der Waals surface area contributed by atoms with E-state index in [9.17, 15) is 14.7 Å². The van der Waals surface area contributed by atoms with Crippen LogP contribution in [0.15, 0.2) is 22.8 Å². The minimum atomic E-state index is -0.403. The molecule has 110 valence electrons. The number of aliphatic hydroxyl groups excluding tert-OH is 1. The molecule has 1 aliphatic rings. The van der Waals surface area contributed by atoms with Gasteiger partial charge in [0.1, 0.15) is 0 Å². The van der Waals surface area contributed by atoms with E-state index in [2.05, 4.69) is 10.6 Å². The van der Waals surface area contributed by atoms with Crippen LogP contribution in [0.4, 0.5) is 0 Å². The third kappa shape index (κ3) is 3.84. The molecule has 1 heterocycles. The van der Waals surface area contributed by atoms with Gasteiger partial charge < -0.3 is 20.2 Å². The summed E-state index contributed by atoms with van der Waals surface area (Å²) in [6.45, 7) is 0.659. The van der Waals surface area contributed by atoms with Crippen molar-refractivity contribution in [3.8, 4) is 0 Å². The quantitative estimate of drug-likeness (QED) is 0.709. The Labute approximate surface area is 117 Å². The highest BCUT2D eigenvalue weighted by molar-refractivity contribution is 5.94. The van der Waals surface area contributed by atoms with E-state index in [1.165, 1.54) is 12.3 Å². The number of rotatable bonds is 6. The van der Waals surface area contributed by atoms with Crippen LogP contribution in [0.25, 0.3) is 0 Å². The molecule has 0 aromatic carbocycles. The summed E-state index contributed by atoms with van der Waals surface area (Å²) in [7, 11) is 0. The van der Waals surface area contributed by atoms with Crippen molar-refractivity contribution in [1.82, 2.24) is 10.6 Å². The number of nitrogens with one attached hydrogen (secondary N) is 2. The van der Waals surface area contributed by atoms with Gasteiger partial charge in [-0.15, -0.1) is 0 Å². The van der Waals surface area contributed by atoms with Gasteiger partial charge in [0, 0.05) is 13.2 Å². The predicted octanol–water partition coefficient (Wildman–Crippen LogP) is 0.534. The van der Waals surface area contributed by atoms with E-state index in [1.807, 2.05) is 0 Å². The lowest BCUT2D eigenvalue weighted by Crippen LogP contribution is -2.39. The minimum Gasteiger partial charge on any atom is -0.459 e. The predicted molar refractivity (Wildman–Crippen MR) is 72.0 cm³/mol. The molecule has 2 amide bonds. The van der Waals surface area contributed by atoms with Crippen LogP contribution in [0.2, 0.25) is 0 Å². The Bertz CT molecular complexity index is 444. The summed E-state index contributed by atoms with van der Waals surface area (Å²) in [5.74, 6) is 0.180. The van der Waals surface area contributed by atoms with Crippen LogP contribution in [-0.2, 0) is 4.79 Å². The van der Waals surface area contributed by atoms with Crippen LogP contribution in [0.1, 0.15) is 29.8 Å². The molecule has 6 nitrogen and oxygen atoms in total. The lowest BCUT2D eigenvalue weighted by atomic mass is 9.97. The Kier molecular flexibility index (Phi) is 5.17. The van der Waals surface area contributed by atoms with Crippen molar-refractivity contribution in [2.75, 3.05) is 19.7 Å². The molecule has 0 aliphatic heterocycles. The molecule has 0 saturated heterocycles. The van der Waals surface area contributed by atoms with E-state index in [4.69, 9.17) is 4.42 Å². The van der Waals surface area contributed by atoms with Crippen LogP contribution in [0.3, 0.4) is 0 Å². The number of carbonyl (C=O) groups excluding carboxylic acids is 2. The van der Waals surface area contributed by atoms with Crippen molar-refractivity contribution >= 4 is 11.8 Å². The third-order valence-electron chi connectivity index (χ3n) is 3.77. The average molecular weight is 280 g/mol. The Morgan fingerprint density at radius 3 is 2.80 bits per heavy atom. The van der Waals surface area contributed by atoms with Gasteiger partial charge in [-0.25, -0.2) is 0 Å². The molecular formula is C14H20N2O4. The molecule has 0 bridgehead atoms. The molecule has 1 saturated carbocycles. The highest BCUT2D eigenvalue weighted by Crippen LogP contribution is 2.30. The molecule has 2 atom stereocenters. The van der Waals surface area contributed by atoms with Crippen molar-refractivity contribution in [1.29, 1.82) is 0 Å². The number of amides is 2. The monoisotopic (exact) mass is 280 g/mol. The molecule has 2 rings (SSSR count). The second-order valence-corrected chi connectivity index (χ2v) is 5.10. The highest BCUT2D eigenvalue weighted by atomic mass is 16.3. The maximum absolute atomic E-state index is 11.6. The van der Waals surface area contributed by atoms with Crippen molar-refractivity contribution in [2.24, 2.45) is 11.8 Å². The number of aliphatic hydroxyl groups is 1. The molecule has 6 heteroatoms. The van der Waals surface area contributed by atoms with E-state index in [-0.39, 0.29) is 30.7 Å². The molecular weight excluding hydrogens is 260 g/mol. The normalized spacial score (nSPS) is 21.6. The van der Waals surface area contributed by atoms with Crippen LogP contribution < -0.4 is 10.6 Å². The fraction of sp³-hybridized carbons (Fsp3) is 0.571. The summed E-state index contributed by atoms with van der Waals surface area (Å²) in [4.78, 5) is 23.2. The van der Waals surface area contributed by atoms with Gasteiger partial charge in [0.15, 0.2) is 5.76 Å². The summed E-state index contributed by atoms with van der Waals surface area (Å²) in [6, 6.07) is 3.15. The highest BCUT2D eigenvalue weighted by Gasteiger charge is 2.26. The summed E-state index contributed by atoms with van der Waals surface area (Å²) >= 11 is 0. The van der Waals surface area contributed by atoms with Crippen LogP contribution in [0.5, 0.6) is 0 Å². The third-order valence-corrected chi connectivity index (χ3v) is 3.77. The topological polar surface area (TPSA) is 91.6 Å². The second kappa shape index (κ2) is 7.09. The maximum Gasteiger partial charge on any atom is 0.287 e. The molecule has 20 heavy (non-hydrogen) atoms. The Morgan fingerprint density at radius 2 is 2.10 bits per heavy atom. The molecule has 2 unspecified atom stereocenters. The zero-order valence-electron chi connectivity index (χ0n) is 11.3. The zero-order valence-corrected chi connectivity index (χ0v) is 11.3. The maximum atomic E-state index is 11.6. The number of hydrogen-bond acceptors (Lipinski definition) is 4. The van der Waals surface area contributed by atoms with Crippen molar-refractivity contribution in [3.63, 3.8) is 0 Å². The zero-order chi connectivity index (χ0) is 14.4. The molecule has 0 spiro atoms. The van der Waals surface area contributed by atoms with Gasteiger partial charge in [-0.1, -0.05) is 6.42 Å². The number of carbonyl (C=O) groups is 2. The molecule has 1 aromatic rings. The SMILES string of the molecule is O=C(CNC(=O)c1ccco1)NCC1CCCC1CO. The first kappa shape index (κ1) is 14.6. The molecule has 1 aromatic heterocycles. The Hall–Kier alpha value is -1.82. The van der Waals surface area contributed by atoms with Gasteiger partial charge >= 0.3 is 0 Å². The van der Waals surface area contributed by atoms with Gasteiger partial charge in [-0.05, 0) is 36.8 Å². The van der Waals surface area contributed by atoms with Gasteiger partial charge in [-0.3, -0.25) is 9.59 Å². The van der Waals surface area contributed by atoms with Crippen LogP contribution in [-0.4, -0.2) is 36.6 Å². The Balaban J connectivity index is 1.67. The second-order valence-electron chi connectivity index (χ2n) is 5.10. The first-order valence-corrected chi connectivity index (χ1v) is 6.90. The molecule has 3 N–H and O–H groups in total. The van der Waals surface area contributed by atoms with Gasteiger partial charge in [0.25, 0.3) is 5.91 Å². The van der Waals surface area contributed by atoms with E-state index < -0.39 is 5.91 Å². The fourth-order valence-electron chi connectivity index (χ4n) is 2.59. The first-order valence-electron chi connectivity index (χ1n) is 6.90. The van der Waals surface area contributed by atoms with E-state index in [0.29, 0.717) is 12.5 Å². The summed E-state index contributed by atoms with van der Waals surface area (Å²) in [5, 5.41) is 14.5. The first-order chi connectivity index (χ1) is 9.70. The molecule has 1 aliphatic carbocycles. The summed E-state index contributed by atoms with van der Waals surface area (Å²) in [6.07, 6.45) is 4.56. The molecule has 1 fully saturated rings. The lowest BCUT2D eigenvalue weighted by molar-refractivity contribution is -0.120. The fourth-order valence-corrected chi connectivity index (χ4v) is 2.59. The lowest BCUT2D eigenvalue weighted by Gasteiger charge is -2.17. The standard InChI is InChI=1S/C14H20N2O4/c17-9-11-4-1-3-10(11)7-15-13(18)8-16-14(19)12-5-2-6-20-12/h2,5-6,10-11,17H,1,3-4,7-9H2,(H,15,18)(H,16,19). The smallest absolute Gasteiger partial charge is 0.287 e. The number of hydrogen-bond donors (Lipinski definition) is 3. The van der Waals surface area contributed by atoms with Gasteiger partial charge in [0.05, 0.1) is 12.8 Å². The van der Waals surface area contributed by atoms with Crippen molar-refractivity contribution in [2.45, 2.75) is 19.3 Å². The molecule has 0 radical (unpaired) electrons. The van der Waals surface area contributed by atoms with Gasteiger partial charge in [-0.2, -0.15) is 0 Å². The van der Waals surface area contributed by atoms with Crippen molar-refractivity contribution < 1.29 is 19.1 Å². The van der Waals surface area contributed by atoms with E-state index >= 15 is 0 Å². The van der Waals surface area contributed by atoms with Crippen LogP contribution >= 0.6 is 0 Å².